The van der Waals surface area contributed by atoms with Crippen LogP contribution in [-0.4, -0.2) is 51.5 Å². The molecule has 2 aromatic heterocycles. The number of imidazole rings is 1. The Kier molecular flexibility index (Phi) is 8.11. The summed E-state index contributed by atoms with van der Waals surface area (Å²) < 4.78 is 6.72. The van der Waals surface area contributed by atoms with Gasteiger partial charge < -0.3 is 20.5 Å². The molecule has 1 amide bonds. The Labute approximate surface area is 216 Å². The van der Waals surface area contributed by atoms with Crippen molar-refractivity contribution in [1.82, 2.24) is 14.7 Å². The van der Waals surface area contributed by atoms with Crippen molar-refractivity contribution in [3.63, 3.8) is 0 Å². The van der Waals surface area contributed by atoms with E-state index >= 15 is 0 Å². The number of hydrogen-bond donors (Lipinski definition) is 3. The fourth-order valence-corrected chi connectivity index (χ4v) is 4.76. The van der Waals surface area contributed by atoms with Crippen LogP contribution in [0.4, 0.5) is 5.82 Å². The molecular weight excluding hydrogens is 472 g/mol. The normalized spacial score (nSPS) is 15.6. The van der Waals surface area contributed by atoms with Gasteiger partial charge in [-0.2, -0.15) is 0 Å². The molecule has 1 aliphatic carbocycles. The van der Waals surface area contributed by atoms with Crippen LogP contribution in [-0.2, 0) is 9.53 Å². The van der Waals surface area contributed by atoms with E-state index in [1.54, 1.807) is 37.4 Å². The fourth-order valence-electron chi connectivity index (χ4n) is 4.76. The van der Waals surface area contributed by atoms with Gasteiger partial charge in [0.15, 0.2) is 0 Å². The SMILES string of the molecule is CCC(C)C(NC(=O)c1ccn2c(NC3CCCCC3)c(-c3ccc(C(=O)OC)cc3)nc2c1)C(=O)O. The minimum Gasteiger partial charge on any atom is -0.480 e. The molecule has 0 spiro atoms. The summed E-state index contributed by atoms with van der Waals surface area (Å²) in [5, 5.41) is 15.9. The third-order valence-corrected chi connectivity index (χ3v) is 7.18. The molecule has 4 rings (SSSR count). The summed E-state index contributed by atoms with van der Waals surface area (Å²) in [5.74, 6) is -1.30. The second-order valence-electron chi connectivity index (χ2n) is 9.68. The molecule has 3 aromatic rings. The Morgan fingerprint density at radius 2 is 1.81 bits per heavy atom. The quantitative estimate of drug-likeness (QED) is 0.358. The number of pyridine rings is 1. The molecule has 1 aromatic carbocycles. The van der Waals surface area contributed by atoms with Crippen molar-refractivity contribution in [3.8, 4) is 11.3 Å². The zero-order valence-corrected chi connectivity index (χ0v) is 21.5. The Balaban J connectivity index is 1.71. The number of aromatic nitrogens is 2. The molecule has 9 nitrogen and oxygen atoms in total. The number of carboxylic acid groups (broad SMARTS) is 1. The summed E-state index contributed by atoms with van der Waals surface area (Å²) in [5.41, 5.74) is 2.88. The van der Waals surface area contributed by atoms with Crippen LogP contribution >= 0.6 is 0 Å². The highest BCUT2D eigenvalue weighted by molar-refractivity contribution is 5.97. The molecule has 2 unspecified atom stereocenters. The van der Waals surface area contributed by atoms with Gasteiger partial charge in [0.05, 0.1) is 12.7 Å². The largest absolute Gasteiger partial charge is 0.480 e. The fraction of sp³-hybridized carbons (Fsp3) is 0.429. The number of hydrogen-bond acceptors (Lipinski definition) is 6. The summed E-state index contributed by atoms with van der Waals surface area (Å²) in [7, 11) is 1.35. The Morgan fingerprint density at radius 1 is 1.11 bits per heavy atom. The van der Waals surface area contributed by atoms with Crippen molar-refractivity contribution in [2.24, 2.45) is 5.92 Å². The van der Waals surface area contributed by atoms with Crippen LogP contribution in [0.3, 0.4) is 0 Å². The van der Waals surface area contributed by atoms with Crippen molar-refractivity contribution >= 4 is 29.3 Å². The smallest absolute Gasteiger partial charge is 0.337 e. The lowest BCUT2D eigenvalue weighted by Crippen LogP contribution is -2.45. The van der Waals surface area contributed by atoms with Crippen LogP contribution in [0, 0.1) is 5.92 Å². The number of aliphatic carboxylic acids is 1. The summed E-state index contributed by atoms with van der Waals surface area (Å²) in [6.45, 7) is 3.70. The van der Waals surface area contributed by atoms with Gasteiger partial charge in [0.25, 0.3) is 5.91 Å². The minimum absolute atomic E-state index is 0.206. The molecule has 9 heteroatoms. The lowest BCUT2D eigenvalue weighted by molar-refractivity contribution is -0.140. The Bertz CT molecular complexity index is 1280. The van der Waals surface area contributed by atoms with Crippen molar-refractivity contribution in [2.45, 2.75) is 64.5 Å². The number of fused-ring (bicyclic) bond motifs is 1. The first-order chi connectivity index (χ1) is 17.8. The molecule has 0 bridgehead atoms. The Morgan fingerprint density at radius 3 is 2.43 bits per heavy atom. The summed E-state index contributed by atoms with van der Waals surface area (Å²) in [6, 6.07) is 9.76. The molecule has 1 saturated carbocycles. The number of ether oxygens (including phenoxy) is 1. The standard InChI is InChI=1S/C28H34N4O5/c1-4-17(2)23(27(34)35)31-26(33)20-14-15-32-22(16-20)30-24(25(32)29-21-8-6-5-7-9-21)18-10-12-19(13-11-18)28(36)37-3/h10-17,21,23,29H,4-9H2,1-3H3,(H,31,33)(H,34,35). The van der Waals surface area contributed by atoms with E-state index in [0.29, 0.717) is 34.9 Å². The molecule has 1 fully saturated rings. The maximum atomic E-state index is 13.0. The monoisotopic (exact) mass is 506 g/mol. The van der Waals surface area contributed by atoms with E-state index in [9.17, 15) is 19.5 Å². The highest BCUT2D eigenvalue weighted by atomic mass is 16.5. The molecule has 37 heavy (non-hydrogen) atoms. The van der Waals surface area contributed by atoms with E-state index in [2.05, 4.69) is 10.6 Å². The molecule has 0 saturated heterocycles. The zero-order chi connectivity index (χ0) is 26.5. The number of benzene rings is 1. The average Bonchev–Trinajstić information content (AvgIpc) is 3.28. The summed E-state index contributed by atoms with van der Waals surface area (Å²) in [6.07, 6.45) is 8.13. The van der Waals surface area contributed by atoms with Crippen molar-refractivity contribution in [3.05, 3.63) is 53.7 Å². The predicted octanol–water partition coefficient (Wildman–Crippen LogP) is 4.76. The van der Waals surface area contributed by atoms with Crippen molar-refractivity contribution in [1.29, 1.82) is 0 Å². The summed E-state index contributed by atoms with van der Waals surface area (Å²) in [4.78, 5) is 41.4. The van der Waals surface area contributed by atoms with Crippen LogP contribution in [0.5, 0.6) is 0 Å². The van der Waals surface area contributed by atoms with Crippen LogP contribution in [0.15, 0.2) is 42.6 Å². The average molecular weight is 507 g/mol. The lowest BCUT2D eigenvalue weighted by atomic mass is 9.95. The van der Waals surface area contributed by atoms with Crippen LogP contribution in [0.2, 0.25) is 0 Å². The highest BCUT2D eigenvalue weighted by Gasteiger charge is 2.26. The molecule has 196 valence electrons. The van der Waals surface area contributed by atoms with Crippen molar-refractivity contribution < 1.29 is 24.2 Å². The molecular formula is C28H34N4O5. The van der Waals surface area contributed by atoms with Crippen LogP contribution in [0.25, 0.3) is 16.9 Å². The first kappa shape index (κ1) is 26.2. The van der Waals surface area contributed by atoms with Gasteiger partial charge in [0.2, 0.25) is 0 Å². The number of anilines is 1. The van der Waals surface area contributed by atoms with E-state index < -0.39 is 23.9 Å². The van der Waals surface area contributed by atoms with Gasteiger partial charge in [-0.3, -0.25) is 9.20 Å². The molecule has 2 heterocycles. The van der Waals surface area contributed by atoms with Gasteiger partial charge in [0, 0.05) is 23.4 Å². The topological polar surface area (TPSA) is 122 Å². The number of carboxylic acids is 1. The molecule has 0 aliphatic heterocycles. The molecule has 3 N–H and O–H groups in total. The second-order valence-corrected chi connectivity index (χ2v) is 9.68. The van der Waals surface area contributed by atoms with Gasteiger partial charge in [-0.05, 0) is 43.0 Å². The number of methoxy groups -OCH3 is 1. The van der Waals surface area contributed by atoms with Gasteiger partial charge in [-0.25, -0.2) is 14.6 Å². The predicted molar refractivity (Wildman–Crippen MR) is 141 cm³/mol. The first-order valence-corrected chi connectivity index (χ1v) is 12.8. The number of rotatable bonds is 9. The molecule has 1 aliphatic rings. The minimum atomic E-state index is -1.05. The Hall–Kier alpha value is -3.88. The van der Waals surface area contributed by atoms with E-state index in [-0.39, 0.29) is 5.92 Å². The number of carbonyl (C=O) groups is 3. The van der Waals surface area contributed by atoms with Gasteiger partial charge in [-0.1, -0.05) is 51.7 Å². The van der Waals surface area contributed by atoms with Gasteiger partial charge in [0.1, 0.15) is 23.2 Å². The second kappa shape index (κ2) is 11.5. The number of nitrogens with zero attached hydrogens (tertiary/aromatic N) is 2. The molecule has 0 radical (unpaired) electrons. The highest BCUT2D eigenvalue weighted by Crippen LogP contribution is 2.32. The summed E-state index contributed by atoms with van der Waals surface area (Å²) >= 11 is 0. The zero-order valence-electron chi connectivity index (χ0n) is 21.5. The van der Waals surface area contributed by atoms with E-state index in [0.717, 1.165) is 24.2 Å². The van der Waals surface area contributed by atoms with Gasteiger partial charge >= 0.3 is 11.9 Å². The van der Waals surface area contributed by atoms with Crippen molar-refractivity contribution in [2.75, 3.05) is 12.4 Å². The first-order valence-electron chi connectivity index (χ1n) is 12.8. The van der Waals surface area contributed by atoms with E-state index in [1.807, 2.05) is 23.5 Å². The third kappa shape index (κ3) is 5.76. The number of nitrogens with one attached hydrogen (secondary N) is 2. The third-order valence-electron chi connectivity index (χ3n) is 7.18. The maximum Gasteiger partial charge on any atom is 0.337 e. The number of esters is 1. The van der Waals surface area contributed by atoms with Crippen LogP contribution < -0.4 is 10.6 Å². The molecule has 2 atom stereocenters. The number of carbonyl (C=O) groups excluding carboxylic acids is 2. The van der Waals surface area contributed by atoms with Crippen LogP contribution in [0.1, 0.15) is 73.1 Å². The lowest BCUT2D eigenvalue weighted by Gasteiger charge is -2.24. The van der Waals surface area contributed by atoms with E-state index in [4.69, 9.17) is 9.72 Å². The number of amides is 1. The maximum absolute atomic E-state index is 13.0. The van der Waals surface area contributed by atoms with Gasteiger partial charge in [-0.15, -0.1) is 0 Å². The van der Waals surface area contributed by atoms with E-state index in [1.165, 1.54) is 26.4 Å².